The summed E-state index contributed by atoms with van der Waals surface area (Å²) in [4.78, 5) is 0. The van der Waals surface area contributed by atoms with E-state index in [0.717, 1.165) is 5.56 Å². The Kier molecular flexibility index (Phi) is 4.76. The van der Waals surface area contributed by atoms with Crippen LogP contribution >= 0.6 is 11.6 Å². The Labute approximate surface area is 123 Å². The van der Waals surface area contributed by atoms with E-state index in [4.69, 9.17) is 17.3 Å². The molecule has 2 aromatic rings. The lowest BCUT2D eigenvalue weighted by Crippen LogP contribution is -2.20. The molecular weight excluding hydrogens is 277 g/mol. The Morgan fingerprint density at radius 2 is 1.95 bits per heavy atom. The molecule has 2 unspecified atom stereocenters. The van der Waals surface area contributed by atoms with Crippen LogP contribution in [0.25, 0.3) is 0 Å². The second-order valence-electron chi connectivity index (χ2n) is 4.82. The van der Waals surface area contributed by atoms with Crippen LogP contribution in [0, 0.1) is 12.7 Å². The van der Waals surface area contributed by atoms with Crippen molar-refractivity contribution in [3.63, 3.8) is 0 Å². The van der Waals surface area contributed by atoms with Crippen LogP contribution in [0.15, 0.2) is 42.5 Å². The quantitative estimate of drug-likeness (QED) is 0.905. The van der Waals surface area contributed by atoms with Gasteiger partial charge < -0.3 is 10.8 Å². The summed E-state index contributed by atoms with van der Waals surface area (Å²) < 4.78 is 13.6. The van der Waals surface area contributed by atoms with Gasteiger partial charge in [0.15, 0.2) is 0 Å². The van der Waals surface area contributed by atoms with Crippen LogP contribution in [0.3, 0.4) is 0 Å². The summed E-state index contributed by atoms with van der Waals surface area (Å²) in [6, 6.07) is 11.9. The molecule has 3 N–H and O–H groups in total. The van der Waals surface area contributed by atoms with Crippen LogP contribution in [-0.4, -0.2) is 11.7 Å². The number of nitrogens with two attached hydrogens (primary N) is 1. The van der Waals surface area contributed by atoms with Gasteiger partial charge in [0.1, 0.15) is 5.82 Å². The molecule has 0 amide bonds. The van der Waals surface area contributed by atoms with Gasteiger partial charge in [0.25, 0.3) is 0 Å². The molecule has 2 rings (SSSR count). The monoisotopic (exact) mass is 293 g/mol. The van der Waals surface area contributed by atoms with Crippen LogP contribution in [0.1, 0.15) is 28.7 Å². The predicted molar refractivity (Wildman–Crippen MR) is 79.3 cm³/mol. The SMILES string of the molecule is Cc1ccc(C(O)C(CN)c2ccccc2Cl)cc1F. The van der Waals surface area contributed by atoms with E-state index in [0.29, 0.717) is 16.1 Å². The summed E-state index contributed by atoms with van der Waals surface area (Å²) in [6.07, 6.45) is -0.894. The number of aliphatic hydroxyl groups excluding tert-OH is 1. The molecule has 0 saturated heterocycles. The van der Waals surface area contributed by atoms with E-state index < -0.39 is 6.10 Å². The van der Waals surface area contributed by atoms with Gasteiger partial charge in [-0.25, -0.2) is 4.39 Å². The summed E-state index contributed by atoms with van der Waals surface area (Å²) in [5.41, 5.74) is 7.58. The number of benzene rings is 2. The maximum absolute atomic E-state index is 13.6. The fourth-order valence-corrected chi connectivity index (χ4v) is 2.50. The Hall–Kier alpha value is -1.42. The summed E-state index contributed by atoms with van der Waals surface area (Å²) in [5.74, 6) is -0.706. The van der Waals surface area contributed by atoms with Gasteiger partial charge in [0, 0.05) is 17.5 Å². The average molecular weight is 294 g/mol. The predicted octanol–water partition coefficient (Wildman–Crippen LogP) is 3.56. The molecule has 0 radical (unpaired) electrons. The highest BCUT2D eigenvalue weighted by Crippen LogP contribution is 2.34. The second-order valence-corrected chi connectivity index (χ2v) is 5.22. The standard InChI is InChI=1S/C16H17ClFNO/c1-10-6-7-11(8-15(10)18)16(20)13(9-19)12-4-2-3-5-14(12)17/h2-8,13,16,20H,9,19H2,1H3. The first kappa shape index (κ1) is 15.0. The number of halogens is 2. The van der Waals surface area contributed by atoms with Crippen LogP contribution < -0.4 is 5.73 Å². The minimum absolute atomic E-state index is 0.223. The molecule has 4 heteroatoms. The first-order valence-electron chi connectivity index (χ1n) is 6.43. The molecule has 0 aliphatic rings. The van der Waals surface area contributed by atoms with Crippen LogP contribution in [-0.2, 0) is 0 Å². The normalized spacial score (nSPS) is 14.1. The van der Waals surface area contributed by atoms with E-state index >= 15 is 0 Å². The average Bonchev–Trinajstić information content (AvgIpc) is 2.44. The lowest BCUT2D eigenvalue weighted by Gasteiger charge is -2.23. The van der Waals surface area contributed by atoms with Gasteiger partial charge in [-0.1, -0.05) is 41.9 Å². The zero-order valence-electron chi connectivity index (χ0n) is 11.2. The molecule has 2 aromatic carbocycles. The highest BCUT2D eigenvalue weighted by molar-refractivity contribution is 6.31. The molecule has 0 spiro atoms. The third-order valence-electron chi connectivity index (χ3n) is 3.48. The van der Waals surface area contributed by atoms with E-state index in [-0.39, 0.29) is 18.3 Å². The lowest BCUT2D eigenvalue weighted by atomic mass is 9.89. The molecule has 2 atom stereocenters. The number of rotatable bonds is 4. The maximum Gasteiger partial charge on any atom is 0.126 e. The zero-order chi connectivity index (χ0) is 14.7. The van der Waals surface area contributed by atoms with Gasteiger partial charge in [-0.3, -0.25) is 0 Å². The molecule has 0 fully saturated rings. The van der Waals surface area contributed by atoms with E-state index in [1.165, 1.54) is 6.07 Å². The molecule has 0 saturated carbocycles. The number of hydrogen-bond acceptors (Lipinski definition) is 2. The van der Waals surface area contributed by atoms with Gasteiger partial charge >= 0.3 is 0 Å². The van der Waals surface area contributed by atoms with Gasteiger partial charge in [-0.15, -0.1) is 0 Å². The van der Waals surface area contributed by atoms with Crippen LogP contribution in [0.4, 0.5) is 4.39 Å². The first-order chi connectivity index (χ1) is 9.54. The third kappa shape index (κ3) is 3.01. The molecular formula is C16H17ClFNO. The van der Waals surface area contributed by atoms with Crippen LogP contribution in [0.2, 0.25) is 5.02 Å². The highest BCUT2D eigenvalue weighted by Gasteiger charge is 2.23. The molecule has 0 aliphatic heterocycles. The van der Waals surface area contributed by atoms with E-state index in [9.17, 15) is 9.50 Å². The lowest BCUT2D eigenvalue weighted by molar-refractivity contribution is 0.147. The fraction of sp³-hybridized carbons (Fsp3) is 0.250. The largest absolute Gasteiger partial charge is 0.388 e. The maximum atomic E-state index is 13.6. The molecule has 0 heterocycles. The first-order valence-corrected chi connectivity index (χ1v) is 6.81. The third-order valence-corrected chi connectivity index (χ3v) is 3.82. The minimum Gasteiger partial charge on any atom is -0.388 e. The molecule has 20 heavy (non-hydrogen) atoms. The van der Waals surface area contributed by atoms with Crippen molar-refractivity contribution in [1.82, 2.24) is 0 Å². The van der Waals surface area contributed by atoms with Crippen molar-refractivity contribution in [1.29, 1.82) is 0 Å². The summed E-state index contributed by atoms with van der Waals surface area (Å²) in [6.45, 7) is 1.90. The molecule has 0 aromatic heterocycles. The van der Waals surface area contributed by atoms with E-state index in [1.54, 1.807) is 25.1 Å². The Bertz CT molecular complexity index is 603. The number of aryl methyl sites for hydroxylation is 1. The van der Waals surface area contributed by atoms with Crippen molar-refractivity contribution in [2.45, 2.75) is 18.9 Å². The Morgan fingerprint density at radius 1 is 1.25 bits per heavy atom. The topological polar surface area (TPSA) is 46.2 Å². The van der Waals surface area contributed by atoms with Gasteiger partial charge in [0.2, 0.25) is 0 Å². The van der Waals surface area contributed by atoms with Crippen molar-refractivity contribution < 1.29 is 9.50 Å². The Balaban J connectivity index is 2.36. The molecule has 2 nitrogen and oxygen atoms in total. The highest BCUT2D eigenvalue weighted by atomic mass is 35.5. The van der Waals surface area contributed by atoms with Crippen molar-refractivity contribution in [3.8, 4) is 0 Å². The fourth-order valence-electron chi connectivity index (χ4n) is 2.23. The van der Waals surface area contributed by atoms with Gasteiger partial charge in [0.05, 0.1) is 6.10 Å². The van der Waals surface area contributed by atoms with Crippen molar-refractivity contribution in [3.05, 3.63) is 70.0 Å². The smallest absolute Gasteiger partial charge is 0.126 e. The van der Waals surface area contributed by atoms with Gasteiger partial charge in [-0.2, -0.15) is 0 Å². The number of hydrogen-bond donors (Lipinski definition) is 2. The van der Waals surface area contributed by atoms with E-state index in [1.807, 2.05) is 18.2 Å². The molecule has 106 valence electrons. The minimum atomic E-state index is -0.894. The van der Waals surface area contributed by atoms with Crippen molar-refractivity contribution >= 4 is 11.6 Å². The van der Waals surface area contributed by atoms with Gasteiger partial charge in [-0.05, 0) is 35.7 Å². The second kappa shape index (κ2) is 6.35. The number of aliphatic hydroxyl groups is 1. The van der Waals surface area contributed by atoms with E-state index in [2.05, 4.69) is 0 Å². The molecule has 0 bridgehead atoms. The summed E-state index contributed by atoms with van der Waals surface area (Å²) in [5, 5.41) is 11.0. The van der Waals surface area contributed by atoms with Crippen molar-refractivity contribution in [2.75, 3.05) is 6.54 Å². The summed E-state index contributed by atoms with van der Waals surface area (Å²) in [7, 11) is 0. The molecule has 0 aliphatic carbocycles. The van der Waals surface area contributed by atoms with Crippen molar-refractivity contribution in [2.24, 2.45) is 5.73 Å². The zero-order valence-corrected chi connectivity index (χ0v) is 11.9. The van der Waals surface area contributed by atoms with Crippen LogP contribution in [0.5, 0.6) is 0 Å². The summed E-state index contributed by atoms with van der Waals surface area (Å²) >= 11 is 6.15. The Morgan fingerprint density at radius 3 is 2.55 bits per heavy atom.